The molecule has 3 heterocycles. The second-order valence-corrected chi connectivity index (χ2v) is 7.94. The summed E-state index contributed by atoms with van der Waals surface area (Å²) in [5.41, 5.74) is 3.02. The van der Waals surface area contributed by atoms with E-state index in [4.69, 9.17) is 9.72 Å². The molecule has 1 saturated carbocycles. The number of esters is 1. The zero-order chi connectivity index (χ0) is 19.3. The van der Waals surface area contributed by atoms with E-state index in [0.717, 1.165) is 67.1 Å². The molecule has 5 rings (SSSR count). The maximum atomic E-state index is 12.1. The molecule has 1 aliphatic carbocycles. The van der Waals surface area contributed by atoms with Crippen LogP contribution in [0.2, 0.25) is 0 Å². The molecular formula is C21H25N5O2. The molecule has 0 amide bonds. The number of anilines is 1. The molecule has 0 bridgehead atoms. The van der Waals surface area contributed by atoms with Crippen molar-refractivity contribution in [2.75, 3.05) is 24.6 Å². The van der Waals surface area contributed by atoms with Crippen LogP contribution in [0.3, 0.4) is 0 Å². The van der Waals surface area contributed by atoms with Gasteiger partial charge in [-0.15, -0.1) is 10.2 Å². The summed E-state index contributed by atoms with van der Waals surface area (Å²) >= 11 is 0. The summed E-state index contributed by atoms with van der Waals surface area (Å²) in [6, 6.07) is 6.28. The molecule has 2 aliphatic rings. The smallest absolute Gasteiger partial charge is 0.309 e. The molecule has 28 heavy (non-hydrogen) atoms. The number of piperidine rings is 1. The molecule has 0 radical (unpaired) electrons. The lowest BCUT2D eigenvalue weighted by atomic mass is 9.97. The molecular weight excluding hydrogens is 354 g/mol. The van der Waals surface area contributed by atoms with Crippen LogP contribution in [0.15, 0.2) is 18.2 Å². The highest BCUT2D eigenvalue weighted by Crippen LogP contribution is 2.41. The van der Waals surface area contributed by atoms with Gasteiger partial charge >= 0.3 is 5.97 Å². The van der Waals surface area contributed by atoms with Gasteiger partial charge in [0.2, 0.25) is 5.95 Å². The van der Waals surface area contributed by atoms with Crippen LogP contribution in [-0.2, 0) is 9.53 Å². The van der Waals surface area contributed by atoms with Gasteiger partial charge in [-0.3, -0.25) is 4.79 Å². The van der Waals surface area contributed by atoms with Crippen LogP contribution in [0.25, 0.3) is 16.6 Å². The Hall–Kier alpha value is -2.70. The molecule has 1 aliphatic heterocycles. The second kappa shape index (κ2) is 6.72. The summed E-state index contributed by atoms with van der Waals surface area (Å²) in [4.78, 5) is 19.4. The number of carbonyl (C=O) groups is 1. The molecule has 0 N–H and O–H groups in total. The molecule has 0 atom stereocenters. The van der Waals surface area contributed by atoms with E-state index >= 15 is 0 Å². The van der Waals surface area contributed by atoms with Crippen LogP contribution in [0, 0.1) is 12.8 Å². The van der Waals surface area contributed by atoms with Gasteiger partial charge in [0.25, 0.3) is 0 Å². The minimum atomic E-state index is -0.0720. The summed E-state index contributed by atoms with van der Waals surface area (Å²) in [6.07, 6.45) is 3.90. The average molecular weight is 379 g/mol. The number of nitrogens with zero attached hydrogens (tertiary/aromatic N) is 5. The van der Waals surface area contributed by atoms with Gasteiger partial charge in [-0.05, 0) is 51.7 Å². The van der Waals surface area contributed by atoms with Crippen molar-refractivity contribution < 1.29 is 9.53 Å². The van der Waals surface area contributed by atoms with E-state index in [9.17, 15) is 4.79 Å². The largest absolute Gasteiger partial charge is 0.466 e. The Morgan fingerprint density at radius 1 is 1.18 bits per heavy atom. The summed E-state index contributed by atoms with van der Waals surface area (Å²) < 4.78 is 7.37. The topological polar surface area (TPSA) is 72.6 Å². The molecule has 0 spiro atoms. The summed E-state index contributed by atoms with van der Waals surface area (Å²) in [7, 11) is 0. The highest BCUT2D eigenvalue weighted by Gasteiger charge is 2.33. The number of fused-ring (bicyclic) bond motifs is 3. The lowest BCUT2D eigenvalue weighted by Gasteiger charge is -2.32. The molecule has 2 aromatic heterocycles. The van der Waals surface area contributed by atoms with Gasteiger partial charge in [-0.1, -0.05) is 11.6 Å². The Kier molecular flexibility index (Phi) is 4.18. The van der Waals surface area contributed by atoms with Gasteiger partial charge in [0, 0.05) is 24.4 Å². The molecule has 1 saturated heterocycles. The standard InChI is InChI=1S/C21H25N5O2/c1-3-28-20(27)15-8-10-25(11-9-15)21-22-17-7-4-13(2)12-16(17)19-24-23-18(26(19)21)14-5-6-14/h4,7,12,14-15H,3,5-6,8-11H2,1-2H3. The Balaban J connectivity index is 1.56. The average Bonchev–Trinajstić information content (AvgIpc) is 3.46. The number of rotatable bonds is 4. The van der Waals surface area contributed by atoms with E-state index in [1.807, 2.05) is 6.92 Å². The maximum Gasteiger partial charge on any atom is 0.309 e. The molecule has 0 unspecified atom stereocenters. The van der Waals surface area contributed by atoms with Crippen molar-refractivity contribution >= 4 is 28.5 Å². The minimum Gasteiger partial charge on any atom is -0.466 e. The molecule has 2 fully saturated rings. The predicted octanol–water partition coefficient (Wildman–Crippen LogP) is 3.24. The zero-order valence-corrected chi connectivity index (χ0v) is 16.4. The number of carbonyl (C=O) groups excluding carboxylic acids is 1. The number of benzene rings is 1. The van der Waals surface area contributed by atoms with Crippen molar-refractivity contribution in [3.63, 3.8) is 0 Å². The quantitative estimate of drug-likeness (QED) is 0.648. The number of aromatic nitrogens is 4. The van der Waals surface area contributed by atoms with Gasteiger partial charge in [-0.2, -0.15) is 0 Å². The first kappa shape index (κ1) is 17.4. The fourth-order valence-electron chi connectivity index (χ4n) is 4.15. The van der Waals surface area contributed by atoms with Crippen LogP contribution in [-0.4, -0.2) is 45.2 Å². The normalized spacial score (nSPS) is 18.1. The molecule has 146 valence electrons. The van der Waals surface area contributed by atoms with E-state index in [1.54, 1.807) is 0 Å². The van der Waals surface area contributed by atoms with Crippen LogP contribution in [0.5, 0.6) is 0 Å². The summed E-state index contributed by atoms with van der Waals surface area (Å²) in [5, 5.41) is 10.1. The lowest BCUT2D eigenvalue weighted by molar-refractivity contribution is -0.148. The Labute approximate surface area is 163 Å². The van der Waals surface area contributed by atoms with Gasteiger partial charge < -0.3 is 9.64 Å². The lowest BCUT2D eigenvalue weighted by Crippen LogP contribution is -2.38. The fourth-order valence-corrected chi connectivity index (χ4v) is 4.15. The second-order valence-electron chi connectivity index (χ2n) is 7.94. The van der Waals surface area contributed by atoms with E-state index in [1.165, 1.54) is 5.56 Å². The molecule has 7 heteroatoms. The molecule has 7 nitrogen and oxygen atoms in total. The molecule has 3 aromatic rings. The summed E-state index contributed by atoms with van der Waals surface area (Å²) in [6.45, 7) is 5.95. The van der Waals surface area contributed by atoms with Crippen molar-refractivity contribution in [3.05, 3.63) is 29.6 Å². The first-order valence-electron chi connectivity index (χ1n) is 10.2. The third-order valence-corrected chi connectivity index (χ3v) is 5.84. The van der Waals surface area contributed by atoms with Crippen molar-refractivity contribution in [3.8, 4) is 0 Å². The Morgan fingerprint density at radius 2 is 1.96 bits per heavy atom. The van der Waals surface area contributed by atoms with E-state index < -0.39 is 0 Å². The first-order chi connectivity index (χ1) is 13.7. The van der Waals surface area contributed by atoms with Crippen LogP contribution in [0.1, 0.15) is 49.9 Å². The molecule has 1 aromatic carbocycles. The number of hydrogen-bond donors (Lipinski definition) is 0. The van der Waals surface area contributed by atoms with E-state index in [2.05, 4.69) is 44.6 Å². The SMILES string of the molecule is CCOC(=O)C1CCN(c2nc3ccc(C)cc3c3nnc(C4CC4)n23)CC1. The third kappa shape index (κ3) is 2.89. The van der Waals surface area contributed by atoms with Crippen LogP contribution < -0.4 is 4.90 Å². The Morgan fingerprint density at radius 3 is 2.68 bits per heavy atom. The zero-order valence-electron chi connectivity index (χ0n) is 16.4. The summed E-state index contributed by atoms with van der Waals surface area (Å²) in [5.74, 6) is 2.32. The number of aryl methyl sites for hydroxylation is 1. The number of ether oxygens (including phenoxy) is 1. The fraction of sp³-hybridized carbons (Fsp3) is 0.524. The van der Waals surface area contributed by atoms with Crippen molar-refractivity contribution in [1.29, 1.82) is 0 Å². The van der Waals surface area contributed by atoms with E-state index in [0.29, 0.717) is 12.5 Å². The van der Waals surface area contributed by atoms with Gasteiger partial charge in [0.1, 0.15) is 5.82 Å². The Bertz CT molecular complexity index is 1050. The van der Waals surface area contributed by atoms with Gasteiger partial charge in [-0.25, -0.2) is 9.38 Å². The third-order valence-electron chi connectivity index (χ3n) is 5.84. The number of hydrogen-bond acceptors (Lipinski definition) is 6. The predicted molar refractivity (Wildman–Crippen MR) is 107 cm³/mol. The van der Waals surface area contributed by atoms with Crippen molar-refractivity contribution in [1.82, 2.24) is 19.6 Å². The highest BCUT2D eigenvalue weighted by molar-refractivity contribution is 5.93. The minimum absolute atomic E-state index is 0.0152. The van der Waals surface area contributed by atoms with Crippen LogP contribution >= 0.6 is 0 Å². The monoisotopic (exact) mass is 379 g/mol. The van der Waals surface area contributed by atoms with Gasteiger partial charge in [0.05, 0.1) is 18.0 Å². The van der Waals surface area contributed by atoms with E-state index in [-0.39, 0.29) is 11.9 Å². The van der Waals surface area contributed by atoms with Crippen molar-refractivity contribution in [2.24, 2.45) is 5.92 Å². The first-order valence-corrected chi connectivity index (χ1v) is 10.2. The highest BCUT2D eigenvalue weighted by atomic mass is 16.5. The van der Waals surface area contributed by atoms with Crippen LogP contribution in [0.4, 0.5) is 5.95 Å². The van der Waals surface area contributed by atoms with Gasteiger partial charge in [0.15, 0.2) is 5.65 Å². The van der Waals surface area contributed by atoms with Crippen molar-refractivity contribution in [2.45, 2.75) is 45.4 Å². The maximum absolute atomic E-state index is 12.1.